The molecule has 1 rings (SSSR count). The fourth-order valence-corrected chi connectivity index (χ4v) is 1.92. The second-order valence-corrected chi connectivity index (χ2v) is 3.92. The number of aliphatic hydroxyl groups excluding tert-OH is 1. The first-order valence-electron chi connectivity index (χ1n) is 5.34. The first kappa shape index (κ1) is 11.5. The van der Waals surface area contributed by atoms with Crippen LogP contribution in [0.4, 0.5) is 0 Å². The van der Waals surface area contributed by atoms with Crippen LogP contribution in [0.5, 0.6) is 0 Å². The Balaban J connectivity index is 2.56. The maximum absolute atomic E-state index is 11.8. The molecule has 1 aliphatic heterocycles. The third-order valence-electron chi connectivity index (χ3n) is 2.50. The third-order valence-corrected chi connectivity index (χ3v) is 2.50. The molecule has 82 valence electrons. The normalized spacial score (nSPS) is 28.2. The fraction of sp³-hybridized carbons (Fsp3) is 0.900. The second-order valence-electron chi connectivity index (χ2n) is 3.92. The van der Waals surface area contributed by atoms with Gasteiger partial charge >= 0.3 is 0 Å². The molecule has 14 heavy (non-hydrogen) atoms. The van der Waals surface area contributed by atoms with E-state index in [2.05, 4.69) is 19.2 Å². The van der Waals surface area contributed by atoms with Crippen molar-refractivity contribution in [1.82, 2.24) is 10.2 Å². The molecule has 1 heterocycles. The summed E-state index contributed by atoms with van der Waals surface area (Å²) < 4.78 is 0. The largest absolute Gasteiger partial charge is 0.396 e. The Labute approximate surface area is 85.3 Å². The zero-order chi connectivity index (χ0) is 10.6. The lowest BCUT2D eigenvalue weighted by Crippen LogP contribution is -2.59. The van der Waals surface area contributed by atoms with Gasteiger partial charge in [-0.2, -0.15) is 0 Å². The predicted octanol–water partition coefficient (Wildman–Crippen LogP) is -0.0323. The standard InChI is InChI=1S/C10H20N2O2/c1-3-5-12-7-8(2)11-9(4-6-13)10(12)14/h8-9,11,13H,3-7H2,1-2H3. The Morgan fingerprint density at radius 2 is 2.36 bits per heavy atom. The summed E-state index contributed by atoms with van der Waals surface area (Å²) in [6.07, 6.45) is 1.51. The number of amides is 1. The van der Waals surface area contributed by atoms with Crippen molar-refractivity contribution in [3.8, 4) is 0 Å². The fourth-order valence-electron chi connectivity index (χ4n) is 1.92. The molecule has 0 bridgehead atoms. The Bertz CT molecular complexity index is 179. The summed E-state index contributed by atoms with van der Waals surface area (Å²) in [5.41, 5.74) is 0. The minimum atomic E-state index is -0.185. The number of rotatable bonds is 4. The summed E-state index contributed by atoms with van der Waals surface area (Å²) in [6.45, 7) is 5.82. The zero-order valence-electron chi connectivity index (χ0n) is 8.99. The maximum Gasteiger partial charge on any atom is 0.239 e. The third kappa shape index (κ3) is 2.69. The SMILES string of the molecule is CCCN1CC(C)NC(CCO)C1=O. The molecule has 4 heteroatoms. The van der Waals surface area contributed by atoms with Gasteiger partial charge in [0.25, 0.3) is 0 Å². The number of carbonyl (C=O) groups is 1. The van der Waals surface area contributed by atoms with Crippen LogP contribution in [-0.4, -0.2) is 47.7 Å². The van der Waals surface area contributed by atoms with Crippen LogP contribution in [0.15, 0.2) is 0 Å². The van der Waals surface area contributed by atoms with Crippen LogP contribution < -0.4 is 5.32 Å². The molecule has 1 saturated heterocycles. The van der Waals surface area contributed by atoms with Crippen molar-refractivity contribution in [3.05, 3.63) is 0 Å². The van der Waals surface area contributed by atoms with E-state index in [9.17, 15) is 4.79 Å². The summed E-state index contributed by atoms with van der Waals surface area (Å²) in [6, 6.07) is 0.145. The molecule has 4 nitrogen and oxygen atoms in total. The number of aliphatic hydroxyl groups is 1. The highest BCUT2D eigenvalue weighted by Gasteiger charge is 2.30. The van der Waals surface area contributed by atoms with Gasteiger partial charge in [0, 0.05) is 25.7 Å². The van der Waals surface area contributed by atoms with Gasteiger partial charge in [-0.1, -0.05) is 6.92 Å². The number of hydrogen-bond donors (Lipinski definition) is 2. The Morgan fingerprint density at radius 3 is 2.93 bits per heavy atom. The lowest BCUT2D eigenvalue weighted by Gasteiger charge is -2.36. The van der Waals surface area contributed by atoms with Crippen LogP contribution in [0.1, 0.15) is 26.7 Å². The van der Waals surface area contributed by atoms with E-state index in [0.717, 1.165) is 19.5 Å². The molecule has 0 aromatic rings. The minimum Gasteiger partial charge on any atom is -0.396 e. The molecule has 2 unspecified atom stereocenters. The molecule has 1 amide bonds. The van der Waals surface area contributed by atoms with Crippen LogP contribution in [-0.2, 0) is 4.79 Å². The average Bonchev–Trinajstić information content (AvgIpc) is 2.14. The number of carbonyl (C=O) groups excluding carboxylic acids is 1. The van der Waals surface area contributed by atoms with Crippen LogP contribution in [0.2, 0.25) is 0 Å². The van der Waals surface area contributed by atoms with Gasteiger partial charge in [-0.05, 0) is 19.8 Å². The van der Waals surface area contributed by atoms with Gasteiger partial charge in [0.1, 0.15) is 0 Å². The van der Waals surface area contributed by atoms with E-state index in [-0.39, 0.29) is 18.6 Å². The van der Waals surface area contributed by atoms with Crippen molar-refractivity contribution in [1.29, 1.82) is 0 Å². The molecular formula is C10H20N2O2. The van der Waals surface area contributed by atoms with E-state index in [1.165, 1.54) is 0 Å². The van der Waals surface area contributed by atoms with Gasteiger partial charge in [0.2, 0.25) is 5.91 Å². The molecule has 2 N–H and O–H groups in total. The first-order chi connectivity index (χ1) is 6.69. The van der Waals surface area contributed by atoms with Gasteiger partial charge in [0.05, 0.1) is 6.04 Å². The smallest absolute Gasteiger partial charge is 0.239 e. The van der Waals surface area contributed by atoms with Crippen LogP contribution in [0, 0.1) is 0 Å². The average molecular weight is 200 g/mol. The summed E-state index contributed by atoms with van der Waals surface area (Å²) in [4.78, 5) is 13.7. The summed E-state index contributed by atoms with van der Waals surface area (Å²) in [5, 5.41) is 12.0. The van der Waals surface area contributed by atoms with Gasteiger partial charge < -0.3 is 15.3 Å². The highest BCUT2D eigenvalue weighted by molar-refractivity contribution is 5.82. The Hall–Kier alpha value is -0.610. The van der Waals surface area contributed by atoms with Crippen LogP contribution >= 0.6 is 0 Å². The highest BCUT2D eigenvalue weighted by Crippen LogP contribution is 2.09. The second kappa shape index (κ2) is 5.32. The van der Waals surface area contributed by atoms with E-state index in [4.69, 9.17) is 5.11 Å². The summed E-state index contributed by atoms with van der Waals surface area (Å²) >= 11 is 0. The van der Waals surface area contributed by atoms with Gasteiger partial charge in [-0.25, -0.2) is 0 Å². The Morgan fingerprint density at radius 1 is 1.64 bits per heavy atom. The molecule has 0 spiro atoms. The van der Waals surface area contributed by atoms with Gasteiger partial charge in [-0.3, -0.25) is 4.79 Å². The molecule has 1 aliphatic rings. The van der Waals surface area contributed by atoms with E-state index in [0.29, 0.717) is 12.5 Å². The molecule has 0 radical (unpaired) electrons. The summed E-state index contributed by atoms with van der Waals surface area (Å²) in [5.74, 6) is 0.138. The summed E-state index contributed by atoms with van der Waals surface area (Å²) in [7, 11) is 0. The van der Waals surface area contributed by atoms with Crippen molar-refractivity contribution in [2.75, 3.05) is 19.7 Å². The van der Waals surface area contributed by atoms with E-state index >= 15 is 0 Å². The van der Waals surface area contributed by atoms with E-state index in [1.807, 2.05) is 4.90 Å². The first-order valence-corrected chi connectivity index (χ1v) is 5.34. The van der Waals surface area contributed by atoms with Crippen LogP contribution in [0.25, 0.3) is 0 Å². The Kier molecular flexibility index (Phi) is 4.35. The number of piperazine rings is 1. The van der Waals surface area contributed by atoms with E-state index < -0.39 is 0 Å². The number of nitrogens with zero attached hydrogens (tertiary/aromatic N) is 1. The highest BCUT2D eigenvalue weighted by atomic mass is 16.3. The molecule has 1 fully saturated rings. The van der Waals surface area contributed by atoms with Gasteiger partial charge in [-0.15, -0.1) is 0 Å². The van der Waals surface area contributed by atoms with Crippen molar-refractivity contribution in [2.45, 2.75) is 38.8 Å². The predicted molar refractivity (Wildman–Crippen MR) is 55.0 cm³/mol. The molecule has 0 aromatic carbocycles. The molecule has 0 aromatic heterocycles. The lowest BCUT2D eigenvalue weighted by atomic mass is 10.1. The molecule has 2 atom stereocenters. The van der Waals surface area contributed by atoms with Crippen molar-refractivity contribution in [2.24, 2.45) is 0 Å². The number of nitrogens with one attached hydrogen (secondary N) is 1. The van der Waals surface area contributed by atoms with Crippen molar-refractivity contribution in [3.63, 3.8) is 0 Å². The number of hydrogen-bond acceptors (Lipinski definition) is 3. The topological polar surface area (TPSA) is 52.6 Å². The molecular weight excluding hydrogens is 180 g/mol. The van der Waals surface area contributed by atoms with Crippen molar-refractivity contribution < 1.29 is 9.90 Å². The van der Waals surface area contributed by atoms with Crippen LogP contribution in [0.3, 0.4) is 0 Å². The molecule has 0 saturated carbocycles. The monoisotopic (exact) mass is 200 g/mol. The lowest BCUT2D eigenvalue weighted by molar-refractivity contribution is -0.137. The quantitative estimate of drug-likeness (QED) is 0.670. The maximum atomic E-state index is 11.8. The zero-order valence-corrected chi connectivity index (χ0v) is 8.99. The van der Waals surface area contributed by atoms with Crippen molar-refractivity contribution >= 4 is 5.91 Å². The molecule has 0 aliphatic carbocycles. The minimum absolute atomic E-state index is 0.0656. The van der Waals surface area contributed by atoms with E-state index in [1.54, 1.807) is 0 Å². The van der Waals surface area contributed by atoms with Gasteiger partial charge in [0.15, 0.2) is 0 Å².